The van der Waals surface area contributed by atoms with Crippen molar-refractivity contribution in [2.24, 2.45) is 0 Å². The SMILES string of the molecule is CCNC(=O)C(C)c1c(F)c(C)c(-c2cn3cc(NC=O)nc3cn2)c2cn[nH]c12. The van der Waals surface area contributed by atoms with E-state index in [9.17, 15) is 9.59 Å². The van der Waals surface area contributed by atoms with Gasteiger partial charge in [0, 0.05) is 29.3 Å². The number of likely N-dealkylation sites (N-methyl/N-ethyl adjacent to an activating group) is 1. The monoisotopic (exact) mass is 409 g/mol. The van der Waals surface area contributed by atoms with E-state index in [1.165, 1.54) is 0 Å². The Balaban J connectivity index is 1.91. The van der Waals surface area contributed by atoms with Crippen LogP contribution in [0.1, 0.15) is 30.9 Å². The predicted octanol–water partition coefficient (Wildman–Crippen LogP) is 2.53. The second-order valence-corrected chi connectivity index (χ2v) is 6.93. The summed E-state index contributed by atoms with van der Waals surface area (Å²) in [6, 6.07) is 0. The van der Waals surface area contributed by atoms with Crippen LogP contribution in [0.25, 0.3) is 27.8 Å². The van der Waals surface area contributed by atoms with Gasteiger partial charge in [0.1, 0.15) is 5.82 Å². The van der Waals surface area contributed by atoms with Crippen LogP contribution in [-0.4, -0.2) is 43.4 Å². The van der Waals surface area contributed by atoms with Crippen LogP contribution in [0.15, 0.2) is 24.8 Å². The molecule has 0 radical (unpaired) electrons. The number of carbonyl (C=O) groups excluding carboxylic acids is 2. The number of halogens is 1. The average molecular weight is 409 g/mol. The number of amides is 2. The molecule has 9 nitrogen and oxygen atoms in total. The molecule has 0 saturated carbocycles. The van der Waals surface area contributed by atoms with E-state index in [0.717, 1.165) is 0 Å². The van der Waals surface area contributed by atoms with Gasteiger partial charge in [-0.25, -0.2) is 9.37 Å². The van der Waals surface area contributed by atoms with Crippen LogP contribution in [0.4, 0.5) is 10.2 Å². The molecule has 1 atom stereocenters. The number of aromatic nitrogens is 5. The van der Waals surface area contributed by atoms with Gasteiger partial charge in [0.15, 0.2) is 11.5 Å². The molecular formula is C20H20FN7O2. The van der Waals surface area contributed by atoms with Gasteiger partial charge in [-0.05, 0) is 26.3 Å². The highest BCUT2D eigenvalue weighted by molar-refractivity contribution is 6.00. The van der Waals surface area contributed by atoms with Crippen molar-refractivity contribution in [3.8, 4) is 11.3 Å². The van der Waals surface area contributed by atoms with E-state index in [4.69, 9.17) is 0 Å². The molecule has 1 unspecified atom stereocenters. The van der Waals surface area contributed by atoms with Crippen molar-refractivity contribution >= 4 is 34.7 Å². The number of hydrogen-bond acceptors (Lipinski definition) is 5. The predicted molar refractivity (Wildman–Crippen MR) is 110 cm³/mol. The number of rotatable bonds is 6. The molecule has 3 heterocycles. The summed E-state index contributed by atoms with van der Waals surface area (Å²) in [5.74, 6) is -1.04. The van der Waals surface area contributed by atoms with E-state index in [-0.39, 0.29) is 11.5 Å². The topological polar surface area (TPSA) is 117 Å². The summed E-state index contributed by atoms with van der Waals surface area (Å²) in [7, 11) is 0. The number of imidazole rings is 1. The Morgan fingerprint density at radius 3 is 2.90 bits per heavy atom. The van der Waals surface area contributed by atoms with Gasteiger partial charge in [-0.3, -0.25) is 19.7 Å². The fourth-order valence-electron chi connectivity index (χ4n) is 3.66. The van der Waals surface area contributed by atoms with E-state index >= 15 is 4.39 Å². The van der Waals surface area contributed by atoms with Crippen molar-refractivity contribution in [1.82, 2.24) is 29.9 Å². The first-order valence-corrected chi connectivity index (χ1v) is 9.44. The molecule has 30 heavy (non-hydrogen) atoms. The summed E-state index contributed by atoms with van der Waals surface area (Å²) < 4.78 is 17.2. The summed E-state index contributed by atoms with van der Waals surface area (Å²) in [5, 5.41) is 12.8. The fraction of sp³-hybridized carbons (Fsp3) is 0.250. The third kappa shape index (κ3) is 3.06. The maximum atomic E-state index is 15.5. The molecule has 4 rings (SSSR count). The fourth-order valence-corrected chi connectivity index (χ4v) is 3.66. The Labute approximate surface area is 170 Å². The molecule has 4 aromatic rings. The molecule has 0 bridgehead atoms. The first kappa shape index (κ1) is 19.5. The number of H-pyrrole nitrogens is 1. The second kappa shape index (κ2) is 7.54. The quantitative estimate of drug-likeness (QED) is 0.423. The number of nitrogens with one attached hydrogen (secondary N) is 3. The van der Waals surface area contributed by atoms with Crippen LogP contribution in [0.5, 0.6) is 0 Å². The maximum Gasteiger partial charge on any atom is 0.227 e. The van der Waals surface area contributed by atoms with Crippen LogP contribution >= 0.6 is 0 Å². The van der Waals surface area contributed by atoms with E-state index in [0.29, 0.717) is 52.1 Å². The van der Waals surface area contributed by atoms with Gasteiger partial charge >= 0.3 is 0 Å². The Hall–Kier alpha value is -3.82. The molecule has 3 aromatic heterocycles. The molecule has 0 fully saturated rings. The van der Waals surface area contributed by atoms with E-state index in [1.807, 2.05) is 6.92 Å². The van der Waals surface area contributed by atoms with Crippen molar-refractivity contribution in [1.29, 1.82) is 0 Å². The Bertz CT molecular complexity index is 1280. The zero-order valence-corrected chi connectivity index (χ0v) is 16.7. The summed E-state index contributed by atoms with van der Waals surface area (Å²) in [5.41, 5.74) is 2.72. The minimum Gasteiger partial charge on any atom is -0.356 e. The zero-order valence-electron chi connectivity index (χ0n) is 16.7. The lowest BCUT2D eigenvalue weighted by atomic mass is 9.90. The van der Waals surface area contributed by atoms with Gasteiger partial charge in [0.2, 0.25) is 12.3 Å². The van der Waals surface area contributed by atoms with Gasteiger partial charge in [-0.15, -0.1) is 0 Å². The van der Waals surface area contributed by atoms with Crippen LogP contribution < -0.4 is 10.6 Å². The maximum absolute atomic E-state index is 15.5. The molecule has 2 amide bonds. The summed E-state index contributed by atoms with van der Waals surface area (Å²) in [4.78, 5) is 31.7. The largest absolute Gasteiger partial charge is 0.356 e. The van der Waals surface area contributed by atoms with Crippen molar-refractivity contribution in [3.05, 3.63) is 41.7 Å². The number of nitrogens with zero attached hydrogens (tertiary/aromatic N) is 4. The van der Waals surface area contributed by atoms with Gasteiger partial charge < -0.3 is 15.0 Å². The smallest absolute Gasteiger partial charge is 0.227 e. The van der Waals surface area contributed by atoms with Crippen molar-refractivity contribution in [3.63, 3.8) is 0 Å². The Morgan fingerprint density at radius 2 is 2.17 bits per heavy atom. The molecule has 0 aliphatic rings. The molecule has 154 valence electrons. The van der Waals surface area contributed by atoms with Crippen molar-refractivity contribution in [2.75, 3.05) is 11.9 Å². The van der Waals surface area contributed by atoms with Crippen molar-refractivity contribution in [2.45, 2.75) is 26.7 Å². The van der Waals surface area contributed by atoms with Gasteiger partial charge in [-0.1, -0.05) is 0 Å². The minimum absolute atomic E-state index is 0.257. The van der Waals surface area contributed by atoms with E-state index in [2.05, 4.69) is 30.8 Å². The first-order chi connectivity index (χ1) is 14.5. The normalized spacial score (nSPS) is 12.3. The Kier molecular flexibility index (Phi) is 4.90. The lowest BCUT2D eigenvalue weighted by Crippen LogP contribution is -2.28. The molecule has 3 N–H and O–H groups in total. The lowest BCUT2D eigenvalue weighted by molar-refractivity contribution is -0.122. The number of fused-ring (bicyclic) bond motifs is 2. The van der Waals surface area contributed by atoms with E-state index < -0.39 is 11.7 Å². The van der Waals surface area contributed by atoms with Crippen LogP contribution in [-0.2, 0) is 9.59 Å². The average Bonchev–Trinajstić information content (AvgIpc) is 3.35. The van der Waals surface area contributed by atoms with Gasteiger partial charge in [0.25, 0.3) is 0 Å². The Morgan fingerprint density at radius 1 is 1.37 bits per heavy atom. The molecule has 0 aliphatic heterocycles. The standard InChI is InChI=1S/C20H20FN7O2/c1-4-22-20(30)11(3)17-18(21)10(2)16(12-5-25-27-19(12)17)13-7-28-8-14(24-9-29)26-15(28)6-23-13/h5-9,11H,4H2,1-3H3,(H,22,30)(H,24,29)(H,25,27). The van der Waals surface area contributed by atoms with Crippen molar-refractivity contribution < 1.29 is 14.0 Å². The summed E-state index contributed by atoms with van der Waals surface area (Å²) in [6.07, 6.45) is 7.03. The number of aromatic amines is 1. The second-order valence-electron chi connectivity index (χ2n) is 6.93. The highest BCUT2D eigenvalue weighted by Crippen LogP contribution is 2.37. The van der Waals surface area contributed by atoms with Crippen LogP contribution in [0.3, 0.4) is 0 Å². The molecule has 1 aromatic carbocycles. The van der Waals surface area contributed by atoms with E-state index in [1.54, 1.807) is 43.0 Å². The highest BCUT2D eigenvalue weighted by Gasteiger charge is 2.27. The third-order valence-corrected chi connectivity index (χ3v) is 5.10. The van der Waals surface area contributed by atoms with Crippen LogP contribution in [0.2, 0.25) is 0 Å². The summed E-state index contributed by atoms with van der Waals surface area (Å²) >= 11 is 0. The third-order valence-electron chi connectivity index (χ3n) is 5.10. The number of carbonyl (C=O) groups is 2. The number of anilines is 1. The van der Waals surface area contributed by atoms with Gasteiger partial charge in [-0.2, -0.15) is 5.10 Å². The zero-order chi connectivity index (χ0) is 21.4. The molecular weight excluding hydrogens is 389 g/mol. The lowest BCUT2D eigenvalue weighted by Gasteiger charge is -2.17. The number of hydrogen-bond donors (Lipinski definition) is 3. The highest BCUT2D eigenvalue weighted by atomic mass is 19.1. The first-order valence-electron chi connectivity index (χ1n) is 9.44. The summed E-state index contributed by atoms with van der Waals surface area (Å²) in [6.45, 7) is 5.60. The van der Waals surface area contributed by atoms with Gasteiger partial charge in [0.05, 0.1) is 35.7 Å². The molecule has 0 saturated heterocycles. The molecule has 0 spiro atoms. The van der Waals surface area contributed by atoms with Crippen LogP contribution in [0, 0.1) is 12.7 Å². The number of benzene rings is 1. The molecule has 0 aliphatic carbocycles. The molecule has 10 heteroatoms. The minimum atomic E-state index is -0.693.